The van der Waals surface area contributed by atoms with Gasteiger partial charge in [0.2, 0.25) is 0 Å². The summed E-state index contributed by atoms with van der Waals surface area (Å²) in [6, 6.07) is 6.24. The number of aryl methyl sites for hydroxylation is 1. The predicted molar refractivity (Wildman–Crippen MR) is 102 cm³/mol. The summed E-state index contributed by atoms with van der Waals surface area (Å²) in [6.07, 6.45) is 0. The van der Waals surface area contributed by atoms with Crippen molar-refractivity contribution in [2.75, 3.05) is 12.4 Å². The molecule has 0 bridgehead atoms. The van der Waals surface area contributed by atoms with Crippen molar-refractivity contribution in [1.29, 1.82) is 0 Å². The van der Waals surface area contributed by atoms with Gasteiger partial charge >= 0.3 is 5.97 Å². The Morgan fingerprint density at radius 2 is 1.54 bits per heavy atom. The number of esters is 1. The molecule has 0 saturated heterocycles. The van der Waals surface area contributed by atoms with E-state index < -0.39 is 5.97 Å². The Morgan fingerprint density at radius 1 is 1.00 bits per heavy atom. The zero-order chi connectivity index (χ0) is 18.0. The number of carbonyl (C=O) groups excluding carboxylic acids is 2. The van der Waals surface area contributed by atoms with Crippen LogP contribution in [-0.4, -0.2) is 24.1 Å². The average Bonchev–Trinajstić information content (AvgIpc) is 2.54. The Bertz CT molecular complexity index is 790. The van der Waals surface area contributed by atoms with Gasteiger partial charge in [-0.3, -0.25) is 4.79 Å². The molecule has 5 nitrogen and oxygen atoms in total. The fourth-order valence-corrected chi connectivity index (χ4v) is 3.87. The molecule has 0 aliphatic rings. The summed E-state index contributed by atoms with van der Waals surface area (Å²) in [5.74, 6) is -0.791. The Kier molecular flexibility index (Phi) is 6.06. The molecule has 8 heteroatoms. The van der Waals surface area contributed by atoms with E-state index in [4.69, 9.17) is 4.74 Å². The SMILES string of the molecule is COC(=O)c1cc(C)c(NC(=O)c2cc(Br)c(O)c(Br)c2)c(Br)c1. The lowest BCUT2D eigenvalue weighted by Crippen LogP contribution is -2.14. The number of nitrogens with one attached hydrogen (secondary N) is 1. The van der Waals surface area contributed by atoms with E-state index in [9.17, 15) is 14.7 Å². The molecule has 24 heavy (non-hydrogen) atoms. The number of methoxy groups -OCH3 is 1. The summed E-state index contributed by atoms with van der Waals surface area (Å²) in [7, 11) is 1.31. The third-order valence-corrected chi connectivity index (χ3v) is 5.06. The number of phenols is 1. The highest BCUT2D eigenvalue weighted by atomic mass is 79.9. The summed E-state index contributed by atoms with van der Waals surface area (Å²) in [6.45, 7) is 1.77. The van der Waals surface area contributed by atoms with Gasteiger partial charge in [-0.1, -0.05) is 0 Å². The normalized spacial score (nSPS) is 10.4. The van der Waals surface area contributed by atoms with Gasteiger partial charge in [-0.2, -0.15) is 0 Å². The van der Waals surface area contributed by atoms with Crippen LogP contribution in [-0.2, 0) is 4.74 Å². The smallest absolute Gasteiger partial charge is 0.337 e. The number of halogens is 3. The fourth-order valence-electron chi connectivity index (χ4n) is 2.02. The summed E-state index contributed by atoms with van der Waals surface area (Å²) in [4.78, 5) is 24.1. The number of aromatic hydroxyl groups is 1. The van der Waals surface area contributed by atoms with E-state index in [2.05, 4.69) is 53.1 Å². The summed E-state index contributed by atoms with van der Waals surface area (Å²) in [5.41, 5.74) is 1.99. The van der Waals surface area contributed by atoms with Crippen molar-refractivity contribution in [2.45, 2.75) is 6.92 Å². The lowest BCUT2D eigenvalue weighted by molar-refractivity contribution is 0.0600. The van der Waals surface area contributed by atoms with E-state index in [-0.39, 0.29) is 11.7 Å². The fraction of sp³-hybridized carbons (Fsp3) is 0.125. The van der Waals surface area contributed by atoms with Crippen LogP contribution in [0.5, 0.6) is 5.75 Å². The number of hydrogen-bond acceptors (Lipinski definition) is 4. The first kappa shape index (κ1) is 19.0. The van der Waals surface area contributed by atoms with E-state index in [1.807, 2.05) is 0 Å². The number of rotatable bonds is 3. The molecule has 0 unspecified atom stereocenters. The number of hydrogen-bond donors (Lipinski definition) is 2. The van der Waals surface area contributed by atoms with Crippen LogP contribution in [0.2, 0.25) is 0 Å². The summed E-state index contributed by atoms with van der Waals surface area (Å²) < 4.78 is 6.06. The van der Waals surface area contributed by atoms with Crippen LogP contribution in [0.3, 0.4) is 0 Å². The zero-order valence-electron chi connectivity index (χ0n) is 12.6. The minimum Gasteiger partial charge on any atom is -0.506 e. The second kappa shape index (κ2) is 7.67. The van der Waals surface area contributed by atoms with Crippen molar-refractivity contribution >= 4 is 65.4 Å². The van der Waals surface area contributed by atoms with Crippen molar-refractivity contribution in [3.8, 4) is 5.75 Å². The first-order valence-electron chi connectivity index (χ1n) is 6.62. The summed E-state index contributed by atoms with van der Waals surface area (Å²) >= 11 is 9.74. The minimum atomic E-state index is -0.455. The maximum Gasteiger partial charge on any atom is 0.337 e. The number of anilines is 1. The van der Waals surface area contributed by atoms with Crippen molar-refractivity contribution < 1.29 is 19.4 Å². The van der Waals surface area contributed by atoms with Gasteiger partial charge in [0, 0.05) is 10.0 Å². The maximum atomic E-state index is 12.5. The topological polar surface area (TPSA) is 75.6 Å². The number of amides is 1. The molecule has 126 valence electrons. The Labute approximate surface area is 163 Å². The van der Waals surface area contributed by atoms with Crippen LogP contribution in [0.15, 0.2) is 37.7 Å². The van der Waals surface area contributed by atoms with Crippen LogP contribution in [0.25, 0.3) is 0 Å². The molecule has 0 saturated carbocycles. The molecular formula is C16H12Br3NO4. The molecule has 0 radical (unpaired) electrons. The van der Waals surface area contributed by atoms with Gasteiger partial charge in [0.1, 0.15) is 5.75 Å². The van der Waals surface area contributed by atoms with Crippen LogP contribution < -0.4 is 5.32 Å². The third kappa shape index (κ3) is 3.99. The lowest BCUT2D eigenvalue weighted by atomic mass is 10.1. The molecule has 0 fully saturated rings. The first-order chi connectivity index (χ1) is 11.2. The molecule has 0 aromatic heterocycles. The molecule has 2 rings (SSSR count). The van der Waals surface area contributed by atoms with Crippen molar-refractivity contribution in [3.05, 3.63) is 54.4 Å². The quantitative estimate of drug-likeness (QED) is 0.556. The van der Waals surface area contributed by atoms with Gasteiger partial charge in [0.05, 0.1) is 27.3 Å². The molecule has 1 amide bonds. The van der Waals surface area contributed by atoms with E-state index in [0.717, 1.165) is 0 Å². The number of ether oxygens (including phenoxy) is 1. The van der Waals surface area contributed by atoms with Crippen molar-refractivity contribution in [2.24, 2.45) is 0 Å². The van der Waals surface area contributed by atoms with Crippen LogP contribution in [0.1, 0.15) is 26.3 Å². The highest BCUT2D eigenvalue weighted by molar-refractivity contribution is 9.11. The third-order valence-electron chi connectivity index (χ3n) is 3.23. The molecule has 0 atom stereocenters. The molecule has 2 N–H and O–H groups in total. The van der Waals surface area contributed by atoms with Crippen molar-refractivity contribution in [3.63, 3.8) is 0 Å². The average molecular weight is 522 g/mol. The lowest BCUT2D eigenvalue weighted by Gasteiger charge is -2.13. The molecule has 0 heterocycles. The van der Waals surface area contributed by atoms with Crippen LogP contribution >= 0.6 is 47.8 Å². The molecule has 2 aromatic carbocycles. The maximum absolute atomic E-state index is 12.5. The van der Waals surface area contributed by atoms with E-state index in [0.29, 0.717) is 35.8 Å². The molecule has 0 spiro atoms. The Hall–Kier alpha value is -1.38. The molecule has 0 aliphatic carbocycles. The van der Waals surface area contributed by atoms with Crippen LogP contribution in [0, 0.1) is 6.92 Å². The standard InChI is InChI=1S/C16H12Br3NO4/c1-7-3-9(16(23)24-2)6-10(17)13(7)20-15(22)8-4-11(18)14(21)12(19)5-8/h3-6,21H,1-2H3,(H,20,22). The van der Waals surface area contributed by atoms with Gasteiger partial charge < -0.3 is 15.2 Å². The number of benzene rings is 2. The van der Waals surface area contributed by atoms with Gasteiger partial charge in [-0.25, -0.2) is 4.79 Å². The first-order valence-corrected chi connectivity index (χ1v) is 9.00. The highest BCUT2D eigenvalue weighted by Crippen LogP contribution is 2.34. The van der Waals surface area contributed by atoms with Crippen LogP contribution in [0.4, 0.5) is 5.69 Å². The second-order valence-electron chi connectivity index (χ2n) is 4.88. The highest BCUT2D eigenvalue weighted by Gasteiger charge is 2.16. The zero-order valence-corrected chi connectivity index (χ0v) is 17.4. The molecular weight excluding hydrogens is 510 g/mol. The molecule has 2 aromatic rings. The van der Waals surface area contributed by atoms with E-state index in [1.165, 1.54) is 19.2 Å². The van der Waals surface area contributed by atoms with Gasteiger partial charge in [-0.15, -0.1) is 0 Å². The predicted octanol–water partition coefficient (Wildman–Crippen LogP) is 5.03. The second-order valence-corrected chi connectivity index (χ2v) is 7.45. The number of carbonyl (C=O) groups is 2. The Morgan fingerprint density at radius 3 is 2.04 bits per heavy atom. The monoisotopic (exact) mass is 519 g/mol. The largest absolute Gasteiger partial charge is 0.506 e. The van der Waals surface area contributed by atoms with Gasteiger partial charge in [0.15, 0.2) is 0 Å². The molecule has 0 aliphatic heterocycles. The van der Waals surface area contributed by atoms with E-state index >= 15 is 0 Å². The van der Waals surface area contributed by atoms with Gasteiger partial charge in [0.25, 0.3) is 5.91 Å². The Balaban J connectivity index is 2.34. The minimum absolute atomic E-state index is 0.0198. The van der Waals surface area contributed by atoms with Crippen molar-refractivity contribution in [1.82, 2.24) is 0 Å². The van der Waals surface area contributed by atoms with E-state index in [1.54, 1.807) is 19.1 Å². The van der Waals surface area contributed by atoms with Gasteiger partial charge in [-0.05, 0) is 84.5 Å². The summed E-state index contributed by atoms with van der Waals surface area (Å²) in [5, 5.41) is 12.5. The number of phenolic OH excluding ortho intramolecular Hbond substituents is 1.